The minimum Gasteiger partial charge on any atom is -0.369 e. The fraction of sp³-hybridized carbons (Fsp3) is 0.385. The minimum atomic E-state index is 0. The second-order valence-electron chi connectivity index (χ2n) is 4.60. The van der Waals surface area contributed by atoms with Gasteiger partial charge in [0.05, 0.1) is 5.71 Å². The lowest BCUT2D eigenvalue weighted by atomic mass is 9.99. The molecule has 4 nitrogen and oxygen atoms in total. The number of aryl methyl sites for hydroxylation is 2. The van der Waals surface area contributed by atoms with Crippen molar-refractivity contribution in [2.45, 2.75) is 26.7 Å². The molecule has 0 saturated heterocycles. The van der Waals surface area contributed by atoms with Gasteiger partial charge < -0.3 is 11.5 Å². The van der Waals surface area contributed by atoms with Gasteiger partial charge in [-0.3, -0.25) is 0 Å². The Labute approximate surface area is 114 Å². The summed E-state index contributed by atoms with van der Waals surface area (Å²) in [6.07, 6.45) is 2.35. The van der Waals surface area contributed by atoms with E-state index in [1.165, 1.54) is 24.0 Å². The fourth-order valence-corrected chi connectivity index (χ4v) is 1.84. The van der Waals surface area contributed by atoms with Gasteiger partial charge in [0.25, 0.3) is 0 Å². The average molecular weight is 267 g/mol. The lowest BCUT2D eigenvalue weighted by Crippen LogP contribution is -2.22. The summed E-state index contributed by atoms with van der Waals surface area (Å²) in [4.78, 5) is 0. The van der Waals surface area contributed by atoms with E-state index in [9.17, 15) is 0 Å². The molecule has 0 amide bonds. The van der Waals surface area contributed by atoms with Gasteiger partial charge in [-0.05, 0) is 38.3 Å². The van der Waals surface area contributed by atoms with Crippen molar-refractivity contribution in [1.29, 1.82) is 0 Å². The maximum atomic E-state index is 5.33. The number of nitrogens with zero attached hydrogens (tertiary/aromatic N) is 2. The van der Waals surface area contributed by atoms with Gasteiger partial charge in [-0.1, -0.05) is 17.7 Å². The van der Waals surface area contributed by atoms with Gasteiger partial charge in [0.1, 0.15) is 0 Å². The largest absolute Gasteiger partial charge is 0.369 e. The van der Waals surface area contributed by atoms with Gasteiger partial charge in [0, 0.05) is 11.5 Å². The maximum Gasteiger partial charge on any atom is 0.211 e. The second kappa shape index (κ2) is 5.87. The van der Waals surface area contributed by atoms with E-state index in [1.807, 2.05) is 0 Å². The number of guanidine groups is 1. The smallest absolute Gasteiger partial charge is 0.211 e. The lowest BCUT2D eigenvalue weighted by molar-refractivity contribution is 1.10. The van der Waals surface area contributed by atoms with Crippen LogP contribution in [-0.2, 0) is 0 Å². The number of benzene rings is 1. The topological polar surface area (TPSA) is 76.8 Å². The van der Waals surface area contributed by atoms with Gasteiger partial charge in [-0.2, -0.15) is 5.10 Å². The van der Waals surface area contributed by atoms with Crippen molar-refractivity contribution in [3.8, 4) is 0 Å². The molecule has 1 aromatic rings. The molecule has 4 N–H and O–H groups in total. The Morgan fingerprint density at radius 2 is 1.83 bits per heavy atom. The SMILES string of the molecule is Cc1ccc(C)c(/C(=N/N=C(N)N)C2CC2)c1.Cl. The zero-order valence-electron chi connectivity index (χ0n) is 10.7. The highest BCUT2D eigenvalue weighted by Gasteiger charge is 2.29. The van der Waals surface area contributed by atoms with Crippen molar-refractivity contribution in [2.75, 3.05) is 0 Å². The van der Waals surface area contributed by atoms with E-state index in [2.05, 4.69) is 42.2 Å². The summed E-state index contributed by atoms with van der Waals surface area (Å²) in [6, 6.07) is 6.36. The molecule has 0 unspecified atom stereocenters. The Hall–Kier alpha value is -1.55. The molecule has 2 rings (SSSR count). The molecule has 98 valence electrons. The third-order valence-corrected chi connectivity index (χ3v) is 2.91. The van der Waals surface area contributed by atoms with E-state index in [4.69, 9.17) is 11.5 Å². The van der Waals surface area contributed by atoms with Crippen LogP contribution < -0.4 is 11.5 Å². The first-order valence-electron chi connectivity index (χ1n) is 5.82. The molecule has 0 aliphatic heterocycles. The first kappa shape index (κ1) is 14.5. The second-order valence-corrected chi connectivity index (χ2v) is 4.60. The fourth-order valence-electron chi connectivity index (χ4n) is 1.84. The summed E-state index contributed by atoms with van der Waals surface area (Å²) in [5.41, 5.74) is 15.3. The van der Waals surface area contributed by atoms with Crippen LogP contribution in [-0.4, -0.2) is 11.7 Å². The highest BCUT2D eigenvalue weighted by molar-refractivity contribution is 6.05. The molecular weight excluding hydrogens is 248 g/mol. The molecule has 1 fully saturated rings. The van der Waals surface area contributed by atoms with Crippen molar-refractivity contribution in [3.63, 3.8) is 0 Å². The molecule has 0 heterocycles. The molecule has 0 aromatic heterocycles. The van der Waals surface area contributed by atoms with Crippen LogP contribution in [0.5, 0.6) is 0 Å². The number of halogens is 1. The predicted molar refractivity (Wildman–Crippen MR) is 78.2 cm³/mol. The quantitative estimate of drug-likeness (QED) is 0.499. The summed E-state index contributed by atoms with van der Waals surface area (Å²) in [7, 11) is 0. The molecule has 1 aliphatic carbocycles. The zero-order valence-corrected chi connectivity index (χ0v) is 11.5. The van der Waals surface area contributed by atoms with Gasteiger partial charge in [0.15, 0.2) is 0 Å². The van der Waals surface area contributed by atoms with Crippen LogP contribution in [0.4, 0.5) is 0 Å². The highest BCUT2D eigenvalue weighted by atomic mass is 35.5. The van der Waals surface area contributed by atoms with E-state index < -0.39 is 0 Å². The predicted octanol–water partition coefficient (Wildman–Crippen LogP) is 2.11. The van der Waals surface area contributed by atoms with Crippen molar-refractivity contribution < 1.29 is 0 Å². The van der Waals surface area contributed by atoms with Gasteiger partial charge >= 0.3 is 0 Å². The normalized spacial score (nSPS) is 14.9. The Balaban J connectivity index is 0.00000162. The molecule has 1 aromatic carbocycles. The van der Waals surface area contributed by atoms with Crippen molar-refractivity contribution in [1.82, 2.24) is 0 Å². The summed E-state index contributed by atoms with van der Waals surface area (Å²) < 4.78 is 0. The van der Waals surface area contributed by atoms with Crippen LogP contribution in [0.2, 0.25) is 0 Å². The zero-order chi connectivity index (χ0) is 12.4. The molecular formula is C13H19ClN4. The summed E-state index contributed by atoms with van der Waals surface area (Å²) in [5, 5.41) is 8.01. The average Bonchev–Trinajstić information content (AvgIpc) is 3.07. The van der Waals surface area contributed by atoms with E-state index in [1.54, 1.807) is 0 Å². The molecule has 0 radical (unpaired) electrons. The Bertz CT molecular complexity index is 486. The number of hydrogen-bond acceptors (Lipinski definition) is 2. The molecule has 0 bridgehead atoms. The third-order valence-electron chi connectivity index (χ3n) is 2.91. The Kier molecular flexibility index (Phi) is 4.73. The maximum absolute atomic E-state index is 5.33. The van der Waals surface area contributed by atoms with Gasteiger partial charge in [-0.15, -0.1) is 17.5 Å². The standard InChI is InChI=1S/C13H18N4.ClH/c1-8-3-4-9(2)11(7-8)12(10-5-6-10)16-17-13(14)15;/h3-4,7,10H,5-6H2,1-2H3,(H4,14,15,17);1H/b16-12+;. The Morgan fingerprint density at radius 3 is 2.39 bits per heavy atom. The monoisotopic (exact) mass is 266 g/mol. The van der Waals surface area contributed by atoms with Crippen LogP contribution in [0, 0.1) is 19.8 Å². The molecule has 18 heavy (non-hydrogen) atoms. The summed E-state index contributed by atoms with van der Waals surface area (Å²) >= 11 is 0. The summed E-state index contributed by atoms with van der Waals surface area (Å²) in [5.74, 6) is 0.520. The van der Waals surface area contributed by atoms with Crippen molar-refractivity contribution in [2.24, 2.45) is 27.6 Å². The van der Waals surface area contributed by atoms with E-state index >= 15 is 0 Å². The first-order chi connectivity index (χ1) is 8.08. The number of nitrogens with two attached hydrogens (primary N) is 2. The first-order valence-corrected chi connectivity index (χ1v) is 5.82. The van der Waals surface area contributed by atoms with Crippen molar-refractivity contribution in [3.05, 3.63) is 34.9 Å². The minimum absolute atomic E-state index is 0. The Morgan fingerprint density at radius 1 is 1.17 bits per heavy atom. The van der Waals surface area contributed by atoms with E-state index in [-0.39, 0.29) is 18.4 Å². The molecule has 1 aliphatic rings. The lowest BCUT2D eigenvalue weighted by Gasteiger charge is -2.08. The van der Waals surface area contributed by atoms with Crippen LogP contribution >= 0.6 is 12.4 Å². The molecule has 0 spiro atoms. The van der Waals surface area contributed by atoms with E-state index in [0.717, 1.165) is 11.3 Å². The highest BCUT2D eigenvalue weighted by Crippen LogP contribution is 2.34. The van der Waals surface area contributed by atoms with Crippen molar-refractivity contribution >= 4 is 24.1 Å². The van der Waals surface area contributed by atoms with E-state index in [0.29, 0.717) is 5.92 Å². The van der Waals surface area contributed by atoms with Crippen LogP contribution in [0.15, 0.2) is 28.4 Å². The number of hydrogen-bond donors (Lipinski definition) is 2. The summed E-state index contributed by atoms with van der Waals surface area (Å²) in [6.45, 7) is 4.16. The van der Waals surface area contributed by atoms with Crippen LogP contribution in [0.3, 0.4) is 0 Å². The van der Waals surface area contributed by atoms with Crippen LogP contribution in [0.25, 0.3) is 0 Å². The van der Waals surface area contributed by atoms with Gasteiger partial charge in [0.2, 0.25) is 5.96 Å². The number of rotatable bonds is 3. The molecule has 1 saturated carbocycles. The van der Waals surface area contributed by atoms with Crippen LogP contribution in [0.1, 0.15) is 29.5 Å². The molecule has 0 atom stereocenters. The van der Waals surface area contributed by atoms with Gasteiger partial charge in [-0.25, -0.2) is 0 Å². The third kappa shape index (κ3) is 3.47. The molecule has 5 heteroatoms.